The first-order valence-corrected chi connectivity index (χ1v) is 10.5. The van der Waals surface area contributed by atoms with E-state index in [-0.39, 0.29) is 18.5 Å². The van der Waals surface area contributed by atoms with Crippen molar-refractivity contribution in [3.8, 4) is 5.75 Å². The fourth-order valence-corrected chi connectivity index (χ4v) is 4.35. The maximum atomic E-state index is 13.9. The summed E-state index contributed by atoms with van der Waals surface area (Å²) in [5.41, 5.74) is 3.36. The third-order valence-electron chi connectivity index (χ3n) is 5.25. The molecule has 0 radical (unpaired) electrons. The SMILES string of the molecule is COc1cc2c(cc1Br)CCC(c1cccc(F)c1)N2C(=O)OCc1ccccc1. The van der Waals surface area contributed by atoms with Crippen molar-refractivity contribution in [3.63, 3.8) is 0 Å². The van der Waals surface area contributed by atoms with Crippen molar-refractivity contribution in [2.24, 2.45) is 0 Å². The van der Waals surface area contributed by atoms with E-state index in [9.17, 15) is 9.18 Å². The number of aryl methyl sites for hydroxylation is 1. The van der Waals surface area contributed by atoms with Gasteiger partial charge in [0.25, 0.3) is 0 Å². The molecule has 30 heavy (non-hydrogen) atoms. The Morgan fingerprint density at radius 3 is 2.67 bits per heavy atom. The second-order valence-electron chi connectivity index (χ2n) is 7.14. The lowest BCUT2D eigenvalue weighted by Crippen LogP contribution is -2.39. The highest BCUT2D eigenvalue weighted by atomic mass is 79.9. The average molecular weight is 470 g/mol. The Morgan fingerprint density at radius 2 is 1.93 bits per heavy atom. The zero-order valence-corrected chi connectivity index (χ0v) is 18.1. The third kappa shape index (κ3) is 4.19. The smallest absolute Gasteiger partial charge is 0.415 e. The van der Waals surface area contributed by atoms with E-state index in [1.165, 1.54) is 12.1 Å². The van der Waals surface area contributed by atoms with Gasteiger partial charge in [0.1, 0.15) is 18.2 Å². The summed E-state index contributed by atoms with van der Waals surface area (Å²) in [5, 5.41) is 0. The lowest BCUT2D eigenvalue weighted by atomic mass is 9.91. The Morgan fingerprint density at radius 1 is 1.13 bits per heavy atom. The van der Waals surface area contributed by atoms with Crippen molar-refractivity contribution in [3.05, 3.63) is 93.7 Å². The van der Waals surface area contributed by atoms with Gasteiger partial charge in [-0.2, -0.15) is 0 Å². The van der Waals surface area contributed by atoms with Gasteiger partial charge in [0.05, 0.1) is 23.3 Å². The third-order valence-corrected chi connectivity index (χ3v) is 5.87. The summed E-state index contributed by atoms with van der Waals surface area (Å²) in [4.78, 5) is 14.9. The zero-order chi connectivity index (χ0) is 21.1. The summed E-state index contributed by atoms with van der Waals surface area (Å²) in [5.74, 6) is 0.291. The number of nitrogens with zero attached hydrogens (tertiary/aromatic N) is 1. The standard InChI is InChI=1S/C24H21BrFNO3/c1-29-23-14-22-18(13-20(23)25)10-11-21(17-8-5-9-19(26)12-17)27(22)24(28)30-15-16-6-3-2-4-7-16/h2-9,12-14,21H,10-11,15H2,1H3. The monoisotopic (exact) mass is 469 g/mol. The Labute approximate surface area is 183 Å². The van der Waals surface area contributed by atoms with Crippen LogP contribution in [0.2, 0.25) is 0 Å². The molecule has 1 atom stereocenters. The number of amides is 1. The Balaban J connectivity index is 1.71. The second kappa shape index (κ2) is 8.88. The maximum Gasteiger partial charge on any atom is 0.415 e. The van der Waals surface area contributed by atoms with Crippen LogP contribution < -0.4 is 9.64 Å². The first kappa shape index (κ1) is 20.4. The molecular weight excluding hydrogens is 449 g/mol. The predicted molar refractivity (Wildman–Crippen MR) is 117 cm³/mol. The molecule has 0 fully saturated rings. The molecule has 1 aliphatic rings. The number of halogens is 2. The molecule has 0 aliphatic carbocycles. The number of methoxy groups -OCH3 is 1. The van der Waals surface area contributed by atoms with Gasteiger partial charge in [0.15, 0.2) is 0 Å². The molecular formula is C24H21BrFNO3. The van der Waals surface area contributed by atoms with E-state index in [1.54, 1.807) is 18.1 Å². The van der Waals surface area contributed by atoms with Crippen LogP contribution in [0.4, 0.5) is 14.9 Å². The average Bonchev–Trinajstić information content (AvgIpc) is 2.77. The molecule has 1 unspecified atom stereocenters. The highest BCUT2D eigenvalue weighted by Gasteiger charge is 2.34. The molecule has 0 N–H and O–H groups in total. The lowest BCUT2D eigenvalue weighted by Gasteiger charge is -2.37. The molecule has 0 bridgehead atoms. The van der Waals surface area contributed by atoms with Gasteiger partial charge in [-0.1, -0.05) is 42.5 Å². The summed E-state index contributed by atoms with van der Waals surface area (Å²) in [7, 11) is 1.58. The Hall–Kier alpha value is -2.86. The summed E-state index contributed by atoms with van der Waals surface area (Å²) < 4.78 is 25.8. The van der Waals surface area contributed by atoms with Gasteiger partial charge in [-0.3, -0.25) is 4.90 Å². The molecule has 3 aromatic rings. The number of hydrogen-bond acceptors (Lipinski definition) is 3. The summed E-state index contributed by atoms with van der Waals surface area (Å²) in [6, 6.07) is 19.4. The number of carbonyl (C=O) groups is 1. The molecule has 6 heteroatoms. The number of ether oxygens (including phenoxy) is 2. The van der Waals surface area contributed by atoms with Crippen LogP contribution in [0.5, 0.6) is 5.75 Å². The van der Waals surface area contributed by atoms with Crippen molar-refractivity contribution in [2.75, 3.05) is 12.0 Å². The summed E-state index contributed by atoms with van der Waals surface area (Å²) >= 11 is 3.51. The number of hydrogen-bond donors (Lipinski definition) is 0. The molecule has 4 nitrogen and oxygen atoms in total. The fraction of sp³-hybridized carbons (Fsp3) is 0.208. The summed E-state index contributed by atoms with van der Waals surface area (Å²) in [6.07, 6.45) is 0.940. The van der Waals surface area contributed by atoms with Crippen LogP contribution in [0.1, 0.15) is 29.2 Å². The molecule has 1 heterocycles. The fourth-order valence-electron chi connectivity index (χ4n) is 3.80. The minimum Gasteiger partial charge on any atom is -0.495 e. The Kier molecular flexibility index (Phi) is 6.04. The van der Waals surface area contributed by atoms with E-state index in [1.807, 2.05) is 48.5 Å². The zero-order valence-electron chi connectivity index (χ0n) is 16.5. The summed E-state index contributed by atoms with van der Waals surface area (Å²) in [6.45, 7) is 0.162. The lowest BCUT2D eigenvalue weighted by molar-refractivity contribution is 0.143. The van der Waals surface area contributed by atoms with Crippen LogP contribution in [0.15, 0.2) is 71.2 Å². The van der Waals surface area contributed by atoms with Crippen LogP contribution in [0, 0.1) is 5.82 Å². The van der Waals surface area contributed by atoms with Gasteiger partial charge in [0, 0.05) is 6.07 Å². The van der Waals surface area contributed by atoms with E-state index < -0.39 is 6.09 Å². The number of rotatable bonds is 4. The van der Waals surface area contributed by atoms with Crippen LogP contribution in [0.25, 0.3) is 0 Å². The van der Waals surface area contributed by atoms with Gasteiger partial charge in [-0.05, 0) is 63.7 Å². The topological polar surface area (TPSA) is 38.8 Å². The number of benzene rings is 3. The second-order valence-corrected chi connectivity index (χ2v) is 7.99. The van der Waals surface area contributed by atoms with Gasteiger partial charge >= 0.3 is 6.09 Å². The van der Waals surface area contributed by atoms with Crippen LogP contribution in [0.3, 0.4) is 0 Å². The first-order chi connectivity index (χ1) is 14.6. The first-order valence-electron chi connectivity index (χ1n) is 9.68. The Bertz CT molecular complexity index is 1060. The van der Waals surface area contributed by atoms with E-state index in [0.717, 1.165) is 27.6 Å². The normalized spacial score (nSPS) is 15.4. The van der Waals surface area contributed by atoms with Crippen LogP contribution in [-0.4, -0.2) is 13.2 Å². The van der Waals surface area contributed by atoms with Crippen LogP contribution in [-0.2, 0) is 17.8 Å². The van der Waals surface area contributed by atoms with Gasteiger partial charge < -0.3 is 9.47 Å². The molecule has 0 saturated heterocycles. The molecule has 3 aromatic carbocycles. The minimum absolute atomic E-state index is 0.162. The number of anilines is 1. The van der Waals surface area contributed by atoms with Gasteiger partial charge in [0.2, 0.25) is 0 Å². The molecule has 1 amide bonds. The number of fused-ring (bicyclic) bond motifs is 1. The van der Waals surface area contributed by atoms with Crippen molar-refractivity contribution in [2.45, 2.75) is 25.5 Å². The van der Waals surface area contributed by atoms with Gasteiger partial charge in [-0.15, -0.1) is 0 Å². The molecule has 0 saturated carbocycles. The highest BCUT2D eigenvalue weighted by Crippen LogP contribution is 2.43. The van der Waals surface area contributed by atoms with Crippen molar-refractivity contribution >= 4 is 27.7 Å². The van der Waals surface area contributed by atoms with E-state index in [4.69, 9.17) is 9.47 Å². The van der Waals surface area contributed by atoms with Crippen molar-refractivity contribution in [1.29, 1.82) is 0 Å². The number of carbonyl (C=O) groups excluding carboxylic acids is 1. The van der Waals surface area contributed by atoms with E-state index >= 15 is 0 Å². The molecule has 4 rings (SSSR count). The quantitative estimate of drug-likeness (QED) is 0.441. The van der Waals surface area contributed by atoms with Crippen molar-refractivity contribution in [1.82, 2.24) is 0 Å². The molecule has 0 aromatic heterocycles. The molecule has 1 aliphatic heterocycles. The largest absolute Gasteiger partial charge is 0.495 e. The minimum atomic E-state index is -0.474. The maximum absolute atomic E-state index is 13.9. The van der Waals surface area contributed by atoms with Crippen molar-refractivity contribution < 1.29 is 18.7 Å². The molecule has 0 spiro atoms. The van der Waals surface area contributed by atoms with Gasteiger partial charge in [-0.25, -0.2) is 9.18 Å². The van der Waals surface area contributed by atoms with E-state index in [0.29, 0.717) is 17.9 Å². The van der Waals surface area contributed by atoms with E-state index in [2.05, 4.69) is 15.9 Å². The highest BCUT2D eigenvalue weighted by molar-refractivity contribution is 9.10. The predicted octanol–water partition coefficient (Wildman–Crippen LogP) is 6.43. The van der Waals surface area contributed by atoms with Crippen LogP contribution >= 0.6 is 15.9 Å². The molecule has 154 valence electrons.